The molecule has 1 N–H and O–H groups in total. The van der Waals surface area contributed by atoms with Crippen LogP contribution in [0.15, 0.2) is 12.8 Å². The number of amides is 1. The van der Waals surface area contributed by atoms with Crippen LogP contribution in [0.4, 0.5) is 4.79 Å². The molecule has 0 aliphatic rings. The van der Waals surface area contributed by atoms with Gasteiger partial charge in [0.1, 0.15) is 5.60 Å². The predicted molar refractivity (Wildman–Crippen MR) is 47.3 cm³/mol. The number of carbonyl (C=O) groups excluding carboxylic acids is 1. The first-order chi connectivity index (χ1) is 5.37. The molecule has 0 aliphatic heterocycles. The van der Waals surface area contributed by atoms with Gasteiger partial charge in [0.25, 0.3) is 0 Å². The van der Waals surface area contributed by atoms with E-state index in [4.69, 9.17) is 4.74 Å². The quantitative estimate of drug-likeness (QED) is 0.642. The maximum Gasteiger partial charge on any atom is 0.428 e. The molecule has 0 saturated carbocycles. The van der Waals surface area contributed by atoms with Gasteiger partial charge in [-0.2, -0.15) is 0 Å². The van der Waals surface area contributed by atoms with Crippen LogP contribution < -0.4 is 5.43 Å². The van der Waals surface area contributed by atoms with Gasteiger partial charge in [-0.05, 0) is 20.8 Å². The van der Waals surface area contributed by atoms with Crippen LogP contribution in [0.25, 0.3) is 0 Å². The van der Waals surface area contributed by atoms with Crippen molar-refractivity contribution in [1.82, 2.24) is 10.4 Å². The molecule has 0 aromatic heterocycles. The molecule has 0 spiro atoms. The minimum absolute atomic E-state index is 0.428. The fraction of sp³-hybridized carbons (Fsp3) is 0.625. The summed E-state index contributed by atoms with van der Waals surface area (Å²) in [4.78, 5) is 11.1. The van der Waals surface area contributed by atoms with Crippen LogP contribution in [0.5, 0.6) is 0 Å². The highest BCUT2D eigenvalue weighted by molar-refractivity contribution is 5.67. The van der Waals surface area contributed by atoms with Crippen LogP contribution in [0, 0.1) is 0 Å². The van der Waals surface area contributed by atoms with E-state index in [1.807, 2.05) is 20.8 Å². The lowest BCUT2D eigenvalue weighted by Gasteiger charge is -2.24. The van der Waals surface area contributed by atoms with Crippen LogP contribution in [0.2, 0.25) is 0 Å². The van der Waals surface area contributed by atoms with E-state index in [1.165, 1.54) is 11.2 Å². The topological polar surface area (TPSA) is 41.6 Å². The monoisotopic (exact) mass is 172 g/mol. The summed E-state index contributed by atoms with van der Waals surface area (Å²) in [6, 6.07) is 0. The van der Waals surface area contributed by atoms with Crippen LogP contribution >= 0.6 is 0 Å². The lowest BCUT2D eigenvalue weighted by Crippen LogP contribution is -2.40. The van der Waals surface area contributed by atoms with Gasteiger partial charge in [-0.15, -0.1) is 0 Å². The molecule has 12 heavy (non-hydrogen) atoms. The van der Waals surface area contributed by atoms with Crippen molar-refractivity contribution in [2.75, 3.05) is 7.05 Å². The second-order valence-corrected chi connectivity index (χ2v) is 3.37. The number of rotatable bonds is 2. The van der Waals surface area contributed by atoms with Gasteiger partial charge in [0, 0.05) is 13.2 Å². The molecule has 0 atom stereocenters. The fourth-order valence-electron chi connectivity index (χ4n) is 0.520. The molecule has 0 fully saturated rings. The first-order valence-electron chi connectivity index (χ1n) is 3.70. The SMILES string of the molecule is C=CNN(C)C(=O)OC(C)(C)C. The number of nitrogens with one attached hydrogen (secondary N) is 1. The molecule has 1 amide bonds. The standard InChI is InChI=1S/C8H16N2O2/c1-6-9-10(5)7(11)12-8(2,3)4/h6,9H,1H2,2-5H3. The third-order valence-electron chi connectivity index (χ3n) is 0.952. The van der Waals surface area contributed by atoms with E-state index >= 15 is 0 Å². The van der Waals surface area contributed by atoms with E-state index in [-0.39, 0.29) is 0 Å². The van der Waals surface area contributed by atoms with Crippen LogP contribution in [0.1, 0.15) is 20.8 Å². The average Bonchev–Trinajstić information content (AvgIpc) is 1.84. The zero-order chi connectivity index (χ0) is 9.78. The molecule has 0 aromatic carbocycles. The van der Waals surface area contributed by atoms with Crippen molar-refractivity contribution in [2.45, 2.75) is 26.4 Å². The summed E-state index contributed by atoms with van der Waals surface area (Å²) < 4.78 is 5.03. The Morgan fingerprint density at radius 2 is 2.08 bits per heavy atom. The number of hydrogen-bond donors (Lipinski definition) is 1. The summed E-state index contributed by atoms with van der Waals surface area (Å²) in [7, 11) is 1.57. The number of nitrogens with zero attached hydrogens (tertiary/aromatic N) is 1. The Kier molecular flexibility index (Phi) is 3.60. The molecular weight excluding hydrogens is 156 g/mol. The highest BCUT2D eigenvalue weighted by atomic mass is 16.6. The van der Waals surface area contributed by atoms with Crippen molar-refractivity contribution in [2.24, 2.45) is 0 Å². The highest BCUT2D eigenvalue weighted by Crippen LogP contribution is 2.07. The molecule has 0 rings (SSSR count). The molecule has 0 aliphatic carbocycles. The number of hydrogen-bond acceptors (Lipinski definition) is 3. The Labute approximate surface area is 73.2 Å². The zero-order valence-electron chi connectivity index (χ0n) is 8.05. The van der Waals surface area contributed by atoms with E-state index in [1.54, 1.807) is 7.05 Å². The Balaban J connectivity index is 3.95. The number of ether oxygens (including phenoxy) is 1. The lowest BCUT2D eigenvalue weighted by atomic mass is 10.2. The maximum atomic E-state index is 11.1. The van der Waals surface area contributed by atoms with Gasteiger partial charge in [-0.25, -0.2) is 9.80 Å². The molecule has 0 saturated heterocycles. The second-order valence-electron chi connectivity index (χ2n) is 3.37. The van der Waals surface area contributed by atoms with E-state index in [2.05, 4.69) is 12.0 Å². The van der Waals surface area contributed by atoms with Gasteiger partial charge in [0.15, 0.2) is 0 Å². The normalized spacial score (nSPS) is 10.3. The van der Waals surface area contributed by atoms with Gasteiger partial charge >= 0.3 is 6.09 Å². The van der Waals surface area contributed by atoms with Crippen molar-refractivity contribution in [3.05, 3.63) is 12.8 Å². The molecular formula is C8H16N2O2. The van der Waals surface area contributed by atoms with E-state index < -0.39 is 11.7 Å². The minimum Gasteiger partial charge on any atom is -0.442 e. The smallest absolute Gasteiger partial charge is 0.428 e. The lowest BCUT2D eigenvalue weighted by molar-refractivity contribution is 0.0237. The second kappa shape index (κ2) is 3.99. The van der Waals surface area contributed by atoms with E-state index in [0.29, 0.717) is 0 Å². The van der Waals surface area contributed by atoms with Gasteiger partial charge in [0.2, 0.25) is 0 Å². The fourth-order valence-corrected chi connectivity index (χ4v) is 0.520. The Morgan fingerprint density at radius 1 is 1.58 bits per heavy atom. The first-order valence-corrected chi connectivity index (χ1v) is 3.70. The summed E-state index contributed by atoms with van der Waals surface area (Å²) >= 11 is 0. The van der Waals surface area contributed by atoms with Gasteiger partial charge in [-0.1, -0.05) is 6.58 Å². The summed E-state index contributed by atoms with van der Waals surface area (Å²) in [6.45, 7) is 8.86. The maximum absolute atomic E-state index is 11.1. The van der Waals surface area contributed by atoms with Gasteiger partial charge < -0.3 is 10.2 Å². The molecule has 4 heteroatoms. The molecule has 70 valence electrons. The van der Waals surface area contributed by atoms with Gasteiger partial charge in [-0.3, -0.25) is 0 Å². The third-order valence-corrected chi connectivity index (χ3v) is 0.952. The summed E-state index contributed by atoms with van der Waals surface area (Å²) in [5.74, 6) is 0. The molecule has 0 bridgehead atoms. The largest absolute Gasteiger partial charge is 0.442 e. The van der Waals surface area contributed by atoms with E-state index in [9.17, 15) is 4.79 Å². The van der Waals surface area contributed by atoms with Crippen molar-refractivity contribution >= 4 is 6.09 Å². The first kappa shape index (κ1) is 10.8. The molecule has 0 unspecified atom stereocenters. The third kappa shape index (κ3) is 4.60. The minimum atomic E-state index is -0.464. The van der Waals surface area contributed by atoms with Gasteiger partial charge in [0.05, 0.1) is 0 Å². The van der Waals surface area contributed by atoms with E-state index in [0.717, 1.165) is 0 Å². The van der Waals surface area contributed by atoms with Crippen molar-refractivity contribution < 1.29 is 9.53 Å². The highest BCUT2D eigenvalue weighted by Gasteiger charge is 2.18. The number of carbonyl (C=O) groups is 1. The Morgan fingerprint density at radius 3 is 2.42 bits per heavy atom. The molecule has 4 nitrogen and oxygen atoms in total. The molecule has 0 aromatic rings. The molecule has 0 heterocycles. The molecule has 0 radical (unpaired) electrons. The predicted octanol–water partition coefficient (Wildman–Crippen LogP) is 1.50. The summed E-state index contributed by atoms with van der Waals surface area (Å²) in [6.07, 6.45) is 0.978. The van der Waals surface area contributed by atoms with Crippen LogP contribution in [0.3, 0.4) is 0 Å². The van der Waals surface area contributed by atoms with Crippen LogP contribution in [-0.2, 0) is 4.74 Å². The summed E-state index contributed by atoms with van der Waals surface area (Å²) in [5, 5.41) is 1.22. The summed E-state index contributed by atoms with van der Waals surface area (Å²) in [5.41, 5.74) is 2.13. The average molecular weight is 172 g/mol. The Hall–Kier alpha value is -1.19. The van der Waals surface area contributed by atoms with Crippen molar-refractivity contribution in [3.63, 3.8) is 0 Å². The zero-order valence-corrected chi connectivity index (χ0v) is 8.05. The number of hydrazine groups is 1. The van der Waals surface area contributed by atoms with Crippen LogP contribution in [-0.4, -0.2) is 23.8 Å². The Bertz CT molecular complexity index is 172. The van der Waals surface area contributed by atoms with Crippen molar-refractivity contribution in [3.8, 4) is 0 Å². The van der Waals surface area contributed by atoms with Crippen molar-refractivity contribution in [1.29, 1.82) is 0 Å².